The van der Waals surface area contributed by atoms with Crippen LogP contribution in [0.25, 0.3) is 0 Å². The van der Waals surface area contributed by atoms with Crippen LogP contribution in [0, 0.1) is 0 Å². The minimum atomic E-state index is -0.839. The predicted octanol–water partition coefficient (Wildman–Crippen LogP) is 3.49. The molecule has 0 radical (unpaired) electrons. The third kappa shape index (κ3) is 6.61. The van der Waals surface area contributed by atoms with Crippen LogP contribution in [0.3, 0.4) is 0 Å². The zero-order valence-corrected chi connectivity index (χ0v) is 22.2. The summed E-state index contributed by atoms with van der Waals surface area (Å²) in [4.78, 5) is 49.3. The fourth-order valence-electron chi connectivity index (χ4n) is 4.44. The second-order valence-electron chi connectivity index (χ2n) is 9.22. The molecule has 5 rings (SSSR count). The Bertz CT molecular complexity index is 1410. The molecule has 2 N–H and O–H groups in total. The van der Waals surface area contributed by atoms with Crippen LogP contribution in [0.2, 0.25) is 0 Å². The molecule has 0 saturated heterocycles. The third-order valence-electron chi connectivity index (χ3n) is 6.42. The number of para-hydroxylation sites is 1. The molecule has 0 spiro atoms. The summed E-state index contributed by atoms with van der Waals surface area (Å²) in [6, 6.07) is 26.4. The van der Waals surface area contributed by atoms with Crippen LogP contribution in [0.1, 0.15) is 23.1 Å². The molecule has 0 saturated carbocycles. The van der Waals surface area contributed by atoms with E-state index in [0.29, 0.717) is 36.2 Å². The van der Waals surface area contributed by atoms with Gasteiger partial charge in [0.05, 0.1) is 17.9 Å². The lowest BCUT2D eigenvalue weighted by Gasteiger charge is -2.25. The molecule has 2 heterocycles. The van der Waals surface area contributed by atoms with E-state index in [-0.39, 0.29) is 29.9 Å². The lowest BCUT2D eigenvalue weighted by molar-refractivity contribution is -0.128. The fourth-order valence-corrected chi connectivity index (χ4v) is 5.27. The Kier molecular flexibility index (Phi) is 8.48. The normalized spacial score (nSPS) is 15.6. The molecule has 0 fully saturated rings. The van der Waals surface area contributed by atoms with Crippen LogP contribution in [-0.2, 0) is 27.2 Å². The minimum absolute atomic E-state index is 0.0479. The summed E-state index contributed by atoms with van der Waals surface area (Å²) in [5, 5.41) is 6.21. The molecule has 0 aromatic heterocycles. The molecule has 3 aromatic carbocycles. The number of nitrogens with zero attached hydrogens (tertiary/aromatic N) is 3. The van der Waals surface area contributed by atoms with E-state index in [4.69, 9.17) is 0 Å². The van der Waals surface area contributed by atoms with Crippen molar-refractivity contribution >= 4 is 46.2 Å². The molecule has 0 unspecified atom stereocenters. The lowest BCUT2D eigenvalue weighted by Crippen LogP contribution is -2.42. The van der Waals surface area contributed by atoms with E-state index in [1.54, 1.807) is 0 Å². The smallest absolute Gasteiger partial charge is 0.259 e. The molecule has 198 valence electrons. The topological polar surface area (TPSA) is 103 Å². The van der Waals surface area contributed by atoms with Crippen LogP contribution in [0.15, 0.2) is 94.9 Å². The van der Waals surface area contributed by atoms with E-state index in [0.717, 1.165) is 23.1 Å². The van der Waals surface area contributed by atoms with Crippen LogP contribution in [0.4, 0.5) is 5.69 Å². The Hall–Kier alpha value is -4.24. The summed E-state index contributed by atoms with van der Waals surface area (Å²) in [6.07, 6.45) is 1.40. The molecule has 0 bridgehead atoms. The first-order chi connectivity index (χ1) is 19.1. The van der Waals surface area contributed by atoms with Gasteiger partial charge in [-0.2, -0.15) is 0 Å². The van der Waals surface area contributed by atoms with Gasteiger partial charge >= 0.3 is 0 Å². The Morgan fingerprint density at radius 1 is 0.795 bits per heavy atom. The van der Waals surface area contributed by atoms with Crippen molar-refractivity contribution in [3.8, 4) is 0 Å². The number of amides is 3. The van der Waals surface area contributed by atoms with Gasteiger partial charge in [-0.25, -0.2) is 9.89 Å². The first kappa shape index (κ1) is 26.4. The number of benzene rings is 3. The van der Waals surface area contributed by atoms with Gasteiger partial charge in [0.1, 0.15) is 11.9 Å². The average molecular weight is 540 g/mol. The SMILES string of the molecule is O=C(CSC1=Nc2ccccc2C2=N[C@@H](CC(=O)NCCc3ccccc3)C(=O)N12)NCCc1ccccc1. The second-order valence-corrected chi connectivity index (χ2v) is 10.2. The first-order valence-corrected chi connectivity index (χ1v) is 13.9. The number of amidine groups is 2. The molecule has 2 aliphatic heterocycles. The zero-order valence-electron chi connectivity index (χ0n) is 21.4. The number of rotatable bonds is 10. The van der Waals surface area contributed by atoms with Crippen molar-refractivity contribution < 1.29 is 14.4 Å². The monoisotopic (exact) mass is 539 g/mol. The molecular formula is C30H29N5O3S. The maximum absolute atomic E-state index is 13.4. The molecular weight excluding hydrogens is 510 g/mol. The van der Waals surface area contributed by atoms with Crippen LogP contribution in [-0.4, -0.2) is 58.5 Å². The first-order valence-electron chi connectivity index (χ1n) is 12.9. The van der Waals surface area contributed by atoms with Gasteiger partial charge in [-0.3, -0.25) is 19.4 Å². The van der Waals surface area contributed by atoms with Crippen molar-refractivity contribution in [3.63, 3.8) is 0 Å². The Morgan fingerprint density at radius 3 is 2.05 bits per heavy atom. The van der Waals surface area contributed by atoms with Gasteiger partial charge in [-0.1, -0.05) is 84.6 Å². The number of carbonyl (C=O) groups excluding carboxylic acids is 3. The van der Waals surface area contributed by atoms with E-state index >= 15 is 0 Å². The van der Waals surface area contributed by atoms with Gasteiger partial charge in [0.2, 0.25) is 11.8 Å². The van der Waals surface area contributed by atoms with Crippen LogP contribution < -0.4 is 10.6 Å². The molecule has 3 aromatic rings. The number of thioether (sulfide) groups is 1. The van der Waals surface area contributed by atoms with Crippen molar-refractivity contribution in [1.29, 1.82) is 0 Å². The van der Waals surface area contributed by atoms with Crippen LogP contribution >= 0.6 is 11.8 Å². The quantitative estimate of drug-likeness (QED) is 0.412. The minimum Gasteiger partial charge on any atom is -0.356 e. The summed E-state index contributed by atoms with van der Waals surface area (Å²) < 4.78 is 0. The largest absolute Gasteiger partial charge is 0.356 e. The van der Waals surface area contributed by atoms with Crippen LogP contribution in [0.5, 0.6) is 0 Å². The van der Waals surface area contributed by atoms with Gasteiger partial charge < -0.3 is 10.6 Å². The molecule has 39 heavy (non-hydrogen) atoms. The maximum atomic E-state index is 13.4. The third-order valence-corrected chi connectivity index (χ3v) is 7.35. The lowest BCUT2D eigenvalue weighted by atomic mass is 10.1. The number of hydrogen-bond acceptors (Lipinski definition) is 6. The van der Waals surface area contributed by atoms with Crippen molar-refractivity contribution in [3.05, 3.63) is 102 Å². The summed E-state index contributed by atoms with van der Waals surface area (Å²) in [5.74, 6) is -0.104. The van der Waals surface area contributed by atoms with E-state index in [1.165, 1.54) is 16.7 Å². The van der Waals surface area contributed by atoms with Gasteiger partial charge in [0.25, 0.3) is 5.91 Å². The Labute approximate surface area is 231 Å². The van der Waals surface area contributed by atoms with Gasteiger partial charge in [-0.05, 0) is 36.1 Å². The molecule has 0 aliphatic carbocycles. The van der Waals surface area contributed by atoms with E-state index in [1.807, 2.05) is 84.9 Å². The second kappa shape index (κ2) is 12.5. The van der Waals surface area contributed by atoms with E-state index in [2.05, 4.69) is 20.6 Å². The summed E-state index contributed by atoms with van der Waals surface area (Å²) in [7, 11) is 0. The molecule has 1 atom stereocenters. The number of carbonyl (C=O) groups is 3. The van der Waals surface area contributed by atoms with Gasteiger partial charge in [0.15, 0.2) is 5.17 Å². The number of aliphatic imine (C=N–C) groups is 2. The number of nitrogens with one attached hydrogen (secondary N) is 2. The highest BCUT2D eigenvalue weighted by Gasteiger charge is 2.42. The molecule has 9 heteroatoms. The van der Waals surface area contributed by atoms with E-state index in [9.17, 15) is 14.4 Å². The highest BCUT2D eigenvalue weighted by atomic mass is 32.2. The highest BCUT2D eigenvalue weighted by Crippen LogP contribution is 2.34. The summed E-state index contributed by atoms with van der Waals surface area (Å²) in [6.45, 7) is 1.00. The fraction of sp³-hybridized carbons (Fsp3) is 0.233. The number of hydrogen-bond donors (Lipinski definition) is 2. The van der Waals surface area contributed by atoms with Crippen molar-refractivity contribution in [2.75, 3.05) is 18.8 Å². The van der Waals surface area contributed by atoms with Crippen molar-refractivity contribution in [2.45, 2.75) is 25.3 Å². The standard InChI is InChI=1S/C30H29N5O3S/c36-26(31-17-15-21-9-3-1-4-10-21)19-25-29(38)35-28(33-25)23-13-7-8-14-24(23)34-30(35)39-20-27(37)32-18-16-22-11-5-2-6-12-22/h1-14,25H,15-20H2,(H,31,36)(H,32,37)/t25-/m0/s1. The van der Waals surface area contributed by atoms with Crippen molar-refractivity contribution in [2.24, 2.45) is 9.98 Å². The Morgan fingerprint density at radius 2 is 1.38 bits per heavy atom. The summed E-state index contributed by atoms with van der Waals surface area (Å²) >= 11 is 1.19. The van der Waals surface area contributed by atoms with Gasteiger partial charge in [-0.15, -0.1) is 0 Å². The summed E-state index contributed by atoms with van der Waals surface area (Å²) in [5.41, 5.74) is 3.69. The molecule has 8 nitrogen and oxygen atoms in total. The van der Waals surface area contributed by atoms with Gasteiger partial charge in [0, 0.05) is 18.7 Å². The maximum Gasteiger partial charge on any atom is 0.259 e. The van der Waals surface area contributed by atoms with E-state index < -0.39 is 6.04 Å². The van der Waals surface area contributed by atoms with Crippen molar-refractivity contribution in [1.82, 2.24) is 15.5 Å². The predicted molar refractivity (Wildman–Crippen MR) is 154 cm³/mol. The number of fused-ring (bicyclic) bond motifs is 3. The molecule has 2 aliphatic rings. The molecule has 3 amide bonds. The Balaban J connectivity index is 1.19. The zero-order chi connectivity index (χ0) is 27.0. The highest BCUT2D eigenvalue weighted by molar-refractivity contribution is 8.14. The average Bonchev–Trinajstić information content (AvgIpc) is 3.29.